The van der Waals surface area contributed by atoms with Gasteiger partial charge in [-0.05, 0) is 88.1 Å². The number of rotatable bonds is 12. The molecule has 0 heterocycles. The van der Waals surface area contributed by atoms with E-state index in [2.05, 4.69) is 5.32 Å². The number of carbonyl (C=O) groups is 2. The summed E-state index contributed by atoms with van der Waals surface area (Å²) in [6.07, 6.45) is 0.269. The highest BCUT2D eigenvalue weighted by Gasteiger charge is 2.35. The summed E-state index contributed by atoms with van der Waals surface area (Å²) >= 11 is 0. The lowest BCUT2D eigenvalue weighted by Crippen LogP contribution is -2.54. The van der Waals surface area contributed by atoms with Crippen LogP contribution < -0.4 is 9.62 Å². The van der Waals surface area contributed by atoms with E-state index in [-0.39, 0.29) is 29.8 Å². The second-order valence-corrected chi connectivity index (χ2v) is 13.8. The first-order valence-electron chi connectivity index (χ1n) is 15.2. The number of hydrogen-bond acceptors (Lipinski definition) is 4. The van der Waals surface area contributed by atoms with Gasteiger partial charge in [-0.25, -0.2) is 8.42 Å². The Morgan fingerprint density at radius 1 is 0.733 bits per heavy atom. The number of nitrogens with zero attached hydrogens (tertiary/aromatic N) is 2. The van der Waals surface area contributed by atoms with Crippen molar-refractivity contribution in [3.63, 3.8) is 0 Å². The molecule has 4 rings (SSSR count). The van der Waals surface area contributed by atoms with E-state index in [1.807, 2.05) is 102 Å². The van der Waals surface area contributed by atoms with Gasteiger partial charge in [0.05, 0.1) is 10.6 Å². The van der Waals surface area contributed by atoms with Crippen LogP contribution >= 0.6 is 0 Å². The van der Waals surface area contributed by atoms with Gasteiger partial charge >= 0.3 is 0 Å². The largest absolute Gasteiger partial charge is 0.352 e. The average molecular weight is 626 g/mol. The molecular formula is C37H43N3O4S. The monoisotopic (exact) mass is 625 g/mol. The smallest absolute Gasteiger partial charge is 0.264 e. The molecule has 0 aliphatic carbocycles. The van der Waals surface area contributed by atoms with Crippen molar-refractivity contribution in [2.45, 2.75) is 71.5 Å². The van der Waals surface area contributed by atoms with Gasteiger partial charge < -0.3 is 10.2 Å². The molecule has 7 nitrogen and oxygen atoms in total. The second kappa shape index (κ2) is 14.6. The number of amides is 2. The molecule has 0 aromatic heterocycles. The average Bonchev–Trinajstić information content (AvgIpc) is 3.00. The minimum Gasteiger partial charge on any atom is -0.352 e. The van der Waals surface area contributed by atoms with Crippen LogP contribution in [-0.4, -0.2) is 43.8 Å². The van der Waals surface area contributed by atoms with Gasteiger partial charge in [-0.2, -0.15) is 0 Å². The van der Waals surface area contributed by atoms with Gasteiger partial charge in [0.15, 0.2) is 0 Å². The van der Waals surface area contributed by atoms with Crippen molar-refractivity contribution in [3.8, 4) is 0 Å². The van der Waals surface area contributed by atoms with E-state index in [9.17, 15) is 18.0 Å². The van der Waals surface area contributed by atoms with Crippen LogP contribution in [0.4, 0.5) is 5.69 Å². The van der Waals surface area contributed by atoms with Gasteiger partial charge in [0.1, 0.15) is 12.6 Å². The van der Waals surface area contributed by atoms with Crippen molar-refractivity contribution in [2.75, 3.05) is 10.8 Å². The lowest BCUT2D eigenvalue weighted by atomic mass is 10.0. The first kappa shape index (κ1) is 33.5. The van der Waals surface area contributed by atoms with E-state index in [1.54, 1.807) is 36.4 Å². The fourth-order valence-electron chi connectivity index (χ4n) is 5.07. The Hall–Kier alpha value is -4.43. The minimum absolute atomic E-state index is 0.0857. The molecule has 0 saturated carbocycles. The highest BCUT2D eigenvalue weighted by atomic mass is 32.2. The first-order chi connectivity index (χ1) is 21.3. The van der Waals surface area contributed by atoms with E-state index >= 15 is 0 Å². The molecule has 4 aromatic carbocycles. The molecule has 4 aromatic rings. The maximum absolute atomic E-state index is 14.5. The second-order valence-electron chi connectivity index (χ2n) is 12.0. The highest BCUT2D eigenvalue weighted by molar-refractivity contribution is 7.92. The number of benzene rings is 4. The van der Waals surface area contributed by atoms with Crippen molar-refractivity contribution >= 4 is 27.5 Å². The molecule has 2 amide bonds. The molecule has 0 unspecified atom stereocenters. The molecule has 1 atom stereocenters. The molecule has 0 saturated heterocycles. The molecule has 0 fully saturated rings. The van der Waals surface area contributed by atoms with E-state index in [4.69, 9.17) is 0 Å². The lowest BCUT2D eigenvalue weighted by molar-refractivity contribution is -0.140. The number of nitrogens with one attached hydrogen (secondary N) is 1. The molecule has 0 aliphatic heterocycles. The van der Waals surface area contributed by atoms with E-state index in [0.29, 0.717) is 5.69 Å². The summed E-state index contributed by atoms with van der Waals surface area (Å²) in [7, 11) is -4.15. The van der Waals surface area contributed by atoms with Crippen LogP contribution in [0.15, 0.2) is 102 Å². The maximum Gasteiger partial charge on any atom is 0.264 e. The zero-order valence-corrected chi connectivity index (χ0v) is 27.8. The standard InChI is InChI=1S/C37H43N3O4S/c1-26(2)38-37(42)35(23-31-10-8-7-9-11-31)39(24-32-17-12-27(3)13-18-32)36(41)25-40(33-19-16-29(5)30(6)22-33)45(43,44)34-20-14-28(4)15-21-34/h7-22,26,35H,23-25H2,1-6H3,(H,38,42)/t35-/m0/s1. The van der Waals surface area contributed by atoms with Gasteiger partial charge in [0.25, 0.3) is 10.0 Å². The predicted octanol–water partition coefficient (Wildman–Crippen LogP) is 6.28. The Morgan fingerprint density at radius 2 is 1.33 bits per heavy atom. The Kier molecular flexibility index (Phi) is 10.8. The molecule has 0 bridgehead atoms. The normalized spacial score (nSPS) is 12.1. The van der Waals surface area contributed by atoms with Crippen LogP contribution in [0, 0.1) is 27.7 Å². The topological polar surface area (TPSA) is 86.8 Å². The molecule has 0 radical (unpaired) electrons. The minimum atomic E-state index is -4.15. The first-order valence-corrected chi connectivity index (χ1v) is 16.6. The van der Waals surface area contributed by atoms with E-state index in [0.717, 1.165) is 37.7 Å². The van der Waals surface area contributed by atoms with E-state index in [1.165, 1.54) is 4.90 Å². The van der Waals surface area contributed by atoms with Crippen molar-refractivity contribution < 1.29 is 18.0 Å². The number of sulfonamides is 1. The summed E-state index contributed by atoms with van der Waals surface area (Å²) in [4.78, 5) is 30.0. The lowest BCUT2D eigenvalue weighted by Gasteiger charge is -2.34. The predicted molar refractivity (Wildman–Crippen MR) is 181 cm³/mol. The summed E-state index contributed by atoms with van der Waals surface area (Å²) in [5.41, 5.74) is 6.01. The summed E-state index contributed by atoms with van der Waals surface area (Å²) in [6.45, 7) is 11.1. The van der Waals surface area contributed by atoms with Crippen molar-refractivity contribution in [1.82, 2.24) is 10.2 Å². The van der Waals surface area contributed by atoms with E-state index < -0.39 is 28.5 Å². The molecular weight excluding hydrogens is 582 g/mol. The van der Waals surface area contributed by atoms with Gasteiger partial charge in [-0.3, -0.25) is 13.9 Å². The van der Waals surface area contributed by atoms with Crippen LogP contribution in [0.3, 0.4) is 0 Å². The molecule has 236 valence electrons. The number of aryl methyl sites for hydroxylation is 4. The van der Waals surface area contributed by atoms with Crippen LogP contribution in [-0.2, 0) is 32.6 Å². The van der Waals surface area contributed by atoms with Gasteiger partial charge in [-0.15, -0.1) is 0 Å². The molecule has 0 spiro atoms. The van der Waals surface area contributed by atoms with Crippen LogP contribution in [0.2, 0.25) is 0 Å². The van der Waals surface area contributed by atoms with Gasteiger partial charge in [-0.1, -0.05) is 83.9 Å². The highest BCUT2D eigenvalue weighted by Crippen LogP contribution is 2.27. The van der Waals surface area contributed by atoms with Crippen LogP contribution in [0.1, 0.15) is 47.2 Å². The number of anilines is 1. The Balaban J connectivity index is 1.82. The maximum atomic E-state index is 14.5. The fraction of sp³-hybridized carbons (Fsp3) is 0.297. The Labute approximate surface area is 268 Å². The zero-order valence-electron chi connectivity index (χ0n) is 26.9. The molecule has 1 N–H and O–H groups in total. The Bertz CT molecular complexity index is 1720. The number of hydrogen-bond donors (Lipinski definition) is 1. The van der Waals surface area contributed by atoms with Gasteiger partial charge in [0, 0.05) is 19.0 Å². The van der Waals surface area contributed by atoms with Gasteiger partial charge in [0.2, 0.25) is 11.8 Å². The van der Waals surface area contributed by atoms with Crippen LogP contribution in [0.5, 0.6) is 0 Å². The summed E-state index contributed by atoms with van der Waals surface area (Å²) < 4.78 is 29.6. The van der Waals surface area contributed by atoms with Crippen molar-refractivity contribution in [2.24, 2.45) is 0 Å². The zero-order chi connectivity index (χ0) is 32.7. The van der Waals surface area contributed by atoms with Crippen LogP contribution in [0.25, 0.3) is 0 Å². The SMILES string of the molecule is Cc1ccc(CN(C(=O)CN(c2ccc(C)c(C)c2)S(=O)(=O)c2ccc(C)cc2)[C@@H](Cc2ccccc2)C(=O)NC(C)C)cc1. The number of carbonyl (C=O) groups excluding carboxylic acids is 2. The quantitative estimate of drug-likeness (QED) is 0.201. The third kappa shape index (κ3) is 8.60. The third-order valence-corrected chi connectivity index (χ3v) is 9.63. The summed E-state index contributed by atoms with van der Waals surface area (Å²) in [5, 5.41) is 2.99. The summed E-state index contributed by atoms with van der Waals surface area (Å²) in [6, 6.07) is 28.2. The van der Waals surface area contributed by atoms with Crippen molar-refractivity contribution in [3.05, 3.63) is 130 Å². The summed E-state index contributed by atoms with van der Waals surface area (Å²) in [5.74, 6) is -0.780. The molecule has 8 heteroatoms. The third-order valence-electron chi connectivity index (χ3n) is 7.84. The molecule has 45 heavy (non-hydrogen) atoms. The fourth-order valence-corrected chi connectivity index (χ4v) is 6.48. The van der Waals surface area contributed by atoms with Crippen molar-refractivity contribution in [1.29, 1.82) is 0 Å². The molecule has 0 aliphatic rings. The Morgan fingerprint density at radius 3 is 1.91 bits per heavy atom.